The molecule has 1 amide bonds. The SMILES string of the molecule is CC(C)(C)OC(=O)N[C@@H]1CCCO[C@@H]1CN1CCC[C@@H](Cc2ccc(F)cc2)C1. The Morgan fingerprint density at radius 1 is 1.24 bits per heavy atom. The minimum Gasteiger partial charge on any atom is -0.444 e. The number of benzene rings is 1. The molecule has 0 saturated carbocycles. The average molecular weight is 407 g/mol. The molecule has 2 aliphatic heterocycles. The van der Waals surface area contributed by atoms with Crippen molar-refractivity contribution < 1.29 is 18.7 Å². The Balaban J connectivity index is 1.52. The Hall–Kier alpha value is -1.66. The summed E-state index contributed by atoms with van der Waals surface area (Å²) < 4.78 is 24.6. The molecule has 2 heterocycles. The van der Waals surface area contributed by atoms with Gasteiger partial charge < -0.3 is 19.7 Å². The lowest BCUT2D eigenvalue weighted by molar-refractivity contribution is -0.0364. The molecular weight excluding hydrogens is 371 g/mol. The van der Waals surface area contributed by atoms with E-state index in [2.05, 4.69) is 10.2 Å². The molecule has 0 aliphatic carbocycles. The summed E-state index contributed by atoms with van der Waals surface area (Å²) in [5.74, 6) is 0.382. The molecule has 29 heavy (non-hydrogen) atoms. The largest absolute Gasteiger partial charge is 0.444 e. The van der Waals surface area contributed by atoms with Crippen LogP contribution in [0, 0.1) is 11.7 Å². The summed E-state index contributed by atoms with van der Waals surface area (Å²) in [7, 11) is 0. The zero-order valence-corrected chi connectivity index (χ0v) is 18.0. The van der Waals surface area contributed by atoms with E-state index in [-0.39, 0.29) is 24.1 Å². The maximum absolute atomic E-state index is 13.1. The Morgan fingerprint density at radius 2 is 2.00 bits per heavy atom. The standard InChI is InChI=1S/C23H35FN2O3/c1-23(2,3)29-22(27)25-20-7-5-13-28-21(20)16-26-12-4-6-18(15-26)14-17-8-10-19(24)11-9-17/h8-11,18,20-21H,4-7,12-16H2,1-3H3,(H,25,27)/t18-,20+,21+/m0/s1. The number of alkyl carbamates (subject to hydrolysis) is 1. The molecule has 3 rings (SSSR count). The van der Waals surface area contributed by atoms with Gasteiger partial charge in [0.05, 0.1) is 12.1 Å². The van der Waals surface area contributed by atoms with Gasteiger partial charge in [-0.1, -0.05) is 12.1 Å². The Kier molecular flexibility index (Phi) is 7.52. The number of carbonyl (C=O) groups excluding carboxylic acids is 1. The fraction of sp³-hybridized carbons (Fsp3) is 0.696. The van der Waals surface area contributed by atoms with E-state index in [9.17, 15) is 9.18 Å². The lowest BCUT2D eigenvalue weighted by Crippen LogP contribution is -2.53. The van der Waals surface area contributed by atoms with Crippen molar-refractivity contribution in [2.45, 2.75) is 70.6 Å². The van der Waals surface area contributed by atoms with Crippen molar-refractivity contribution in [2.75, 3.05) is 26.2 Å². The van der Waals surface area contributed by atoms with Crippen LogP contribution in [0.4, 0.5) is 9.18 Å². The van der Waals surface area contributed by atoms with Crippen LogP contribution in [-0.2, 0) is 15.9 Å². The van der Waals surface area contributed by atoms with Gasteiger partial charge in [0.2, 0.25) is 0 Å². The van der Waals surface area contributed by atoms with Crippen LogP contribution in [0.2, 0.25) is 0 Å². The molecule has 0 radical (unpaired) electrons. The number of piperidine rings is 1. The Morgan fingerprint density at radius 3 is 2.72 bits per heavy atom. The second-order valence-electron chi connectivity index (χ2n) is 9.40. The topological polar surface area (TPSA) is 50.8 Å². The van der Waals surface area contributed by atoms with Gasteiger partial charge in [0.25, 0.3) is 0 Å². The zero-order valence-electron chi connectivity index (χ0n) is 18.0. The molecule has 5 nitrogen and oxygen atoms in total. The first-order valence-corrected chi connectivity index (χ1v) is 10.9. The molecule has 0 aromatic heterocycles. The predicted octanol–water partition coefficient (Wildman–Crippen LogP) is 4.15. The fourth-order valence-electron chi connectivity index (χ4n) is 4.34. The smallest absolute Gasteiger partial charge is 0.407 e. The molecule has 2 fully saturated rings. The van der Waals surface area contributed by atoms with Crippen LogP contribution in [0.5, 0.6) is 0 Å². The Bertz CT molecular complexity index is 659. The minimum atomic E-state index is -0.504. The van der Waals surface area contributed by atoms with E-state index in [4.69, 9.17) is 9.47 Å². The Labute approximate surface area is 173 Å². The first-order chi connectivity index (χ1) is 13.8. The zero-order chi connectivity index (χ0) is 20.9. The molecule has 3 atom stereocenters. The fourth-order valence-corrected chi connectivity index (χ4v) is 4.34. The molecule has 0 bridgehead atoms. The maximum atomic E-state index is 13.1. The van der Waals surface area contributed by atoms with Gasteiger partial charge in [-0.05, 0) is 83.0 Å². The van der Waals surface area contributed by atoms with E-state index >= 15 is 0 Å². The molecule has 1 aromatic carbocycles. The lowest BCUT2D eigenvalue weighted by Gasteiger charge is -2.39. The predicted molar refractivity (Wildman–Crippen MR) is 111 cm³/mol. The van der Waals surface area contributed by atoms with Gasteiger partial charge in [-0.25, -0.2) is 9.18 Å². The quantitative estimate of drug-likeness (QED) is 0.798. The van der Waals surface area contributed by atoms with Crippen LogP contribution in [0.25, 0.3) is 0 Å². The van der Waals surface area contributed by atoms with Crippen LogP contribution < -0.4 is 5.32 Å². The van der Waals surface area contributed by atoms with Crippen LogP contribution in [0.3, 0.4) is 0 Å². The van der Waals surface area contributed by atoms with Crippen molar-refractivity contribution in [3.63, 3.8) is 0 Å². The number of nitrogens with one attached hydrogen (secondary N) is 1. The number of hydrogen-bond acceptors (Lipinski definition) is 4. The van der Waals surface area contributed by atoms with Crippen LogP contribution >= 0.6 is 0 Å². The van der Waals surface area contributed by atoms with Crippen molar-refractivity contribution in [1.82, 2.24) is 10.2 Å². The van der Waals surface area contributed by atoms with E-state index in [0.717, 1.165) is 51.9 Å². The summed E-state index contributed by atoms with van der Waals surface area (Å²) in [6.45, 7) is 9.24. The number of carbonyl (C=O) groups is 1. The molecule has 2 saturated heterocycles. The molecule has 0 spiro atoms. The van der Waals surface area contributed by atoms with E-state index in [1.807, 2.05) is 32.9 Å². The number of rotatable bonds is 5. The molecule has 1 aromatic rings. The van der Waals surface area contributed by atoms with Gasteiger partial charge in [0.15, 0.2) is 0 Å². The number of halogens is 1. The monoisotopic (exact) mass is 406 g/mol. The van der Waals surface area contributed by atoms with Crippen molar-refractivity contribution in [3.05, 3.63) is 35.6 Å². The highest BCUT2D eigenvalue weighted by Gasteiger charge is 2.32. The number of amides is 1. The molecule has 1 N–H and O–H groups in total. The first-order valence-electron chi connectivity index (χ1n) is 10.9. The number of hydrogen-bond donors (Lipinski definition) is 1. The minimum absolute atomic E-state index is 0.0131. The third-order valence-electron chi connectivity index (χ3n) is 5.62. The second kappa shape index (κ2) is 9.90. The second-order valence-corrected chi connectivity index (χ2v) is 9.40. The van der Waals surface area contributed by atoms with Crippen molar-refractivity contribution in [3.8, 4) is 0 Å². The van der Waals surface area contributed by atoms with Gasteiger partial charge in [-0.3, -0.25) is 0 Å². The summed E-state index contributed by atoms with van der Waals surface area (Å²) in [6.07, 6.45) is 4.80. The van der Waals surface area contributed by atoms with Gasteiger partial charge in [-0.2, -0.15) is 0 Å². The van der Waals surface area contributed by atoms with Gasteiger partial charge >= 0.3 is 6.09 Å². The number of nitrogens with zero attached hydrogens (tertiary/aromatic N) is 1. The summed E-state index contributed by atoms with van der Waals surface area (Å²) in [5.41, 5.74) is 0.687. The van der Waals surface area contributed by atoms with Crippen molar-refractivity contribution in [1.29, 1.82) is 0 Å². The number of ether oxygens (including phenoxy) is 2. The average Bonchev–Trinajstić information content (AvgIpc) is 2.64. The van der Waals surface area contributed by atoms with E-state index in [1.165, 1.54) is 12.0 Å². The highest BCUT2D eigenvalue weighted by atomic mass is 19.1. The van der Waals surface area contributed by atoms with Gasteiger partial charge in [0, 0.05) is 19.7 Å². The first kappa shape index (κ1) is 22.0. The highest BCUT2D eigenvalue weighted by Crippen LogP contribution is 2.23. The van der Waals surface area contributed by atoms with E-state index in [1.54, 1.807) is 12.1 Å². The van der Waals surface area contributed by atoms with Crippen LogP contribution in [0.15, 0.2) is 24.3 Å². The van der Waals surface area contributed by atoms with E-state index < -0.39 is 5.60 Å². The normalized spacial score (nSPS) is 26.1. The van der Waals surface area contributed by atoms with Gasteiger partial charge in [0.1, 0.15) is 11.4 Å². The third-order valence-corrected chi connectivity index (χ3v) is 5.62. The summed E-state index contributed by atoms with van der Waals surface area (Å²) in [6, 6.07) is 6.84. The van der Waals surface area contributed by atoms with Gasteiger partial charge in [-0.15, -0.1) is 0 Å². The molecular formula is C23H35FN2O3. The molecule has 0 unspecified atom stereocenters. The third kappa shape index (κ3) is 7.27. The molecule has 6 heteroatoms. The van der Waals surface area contributed by atoms with Crippen molar-refractivity contribution >= 4 is 6.09 Å². The summed E-state index contributed by atoms with van der Waals surface area (Å²) in [4.78, 5) is 14.7. The van der Waals surface area contributed by atoms with Crippen LogP contribution in [0.1, 0.15) is 52.0 Å². The van der Waals surface area contributed by atoms with Crippen molar-refractivity contribution in [2.24, 2.45) is 5.92 Å². The number of likely N-dealkylation sites (tertiary alicyclic amines) is 1. The maximum Gasteiger partial charge on any atom is 0.407 e. The van der Waals surface area contributed by atoms with Crippen LogP contribution in [-0.4, -0.2) is 55.0 Å². The summed E-state index contributed by atoms with van der Waals surface area (Å²) in [5, 5.41) is 3.02. The lowest BCUT2D eigenvalue weighted by atomic mass is 9.90. The van der Waals surface area contributed by atoms with E-state index in [0.29, 0.717) is 5.92 Å². The highest BCUT2D eigenvalue weighted by molar-refractivity contribution is 5.68. The molecule has 162 valence electrons. The summed E-state index contributed by atoms with van der Waals surface area (Å²) >= 11 is 0. The molecule has 2 aliphatic rings.